The molecule has 0 radical (unpaired) electrons. The number of carbonyl (C=O) groups excluding carboxylic acids is 1. The van der Waals surface area contributed by atoms with Crippen LogP contribution in [0.15, 0.2) is 30.7 Å². The molecule has 0 fully saturated rings. The van der Waals surface area contributed by atoms with Gasteiger partial charge in [0.05, 0.1) is 6.54 Å². The Hall–Kier alpha value is -2.50. The van der Waals surface area contributed by atoms with Crippen molar-refractivity contribution >= 4 is 6.09 Å². The quantitative estimate of drug-likeness (QED) is 0.943. The maximum absolute atomic E-state index is 11.6. The molecule has 0 spiro atoms. The summed E-state index contributed by atoms with van der Waals surface area (Å²) in [5.41, 5.74) is 2.29. The van der Waals surface area contributed by atoms with Crippen LogP contribution >= 0.6 is 0 Å². The molecule has 6 nitrogen and oxygen atoms in total. The number of pyridine rings is 1. The van der Waals surface area contributed by atoms with Crippen LogP contribution in [0.1, 0.15) is 32.3 Å². The molecular weight excluding hydrogens is 280 g/mol. The number of alkyl carbamates (subject to hydrolysis) is 1. The average molecular weight is 300 g/mol. The van der Waals surface area contributed by atoms with E-state index in [0.717, 1.165) is 16.8 Å². The molecular formula is C16H20N4O2. The molecule has 2 heterocycles. The fraction of sp³-hybridized carbons (Fsp3) is 0.375. The van der Waals surface area contributed by atoms with E-state index in [1.807, 2.05) is 39.8 Å². The van der Waals surface area contributed by atoms with Crippen LogP contribution in [-0.4, -0.2) is 26.6 Å². The molecule has 0 aliphatic rings. The zero-order chi connectivity index (χ0) is 16.2. The highest BCUT2D eigenvalue weighted by molar-refractivity contribution is 5.67. The molecule has 0 aliphatic heterocycles. The summed E-state index contributed by atoms with van der Waals surface area (Å²) in [5.74, 6) is 0.524. The summed E-state index contributed by atoms with van der Waals surface area (Å²) in [7, 11) is 0. The summed E-state index contributed by atoms with van der Waals surface area (Å²) in [6, 6.07) is 3.85. The zero-order valence-corrected chi connectivity index (χ0v) is 13.3. The van der Waals surface area contributed by atoms with Gasteiger partial charge in [0.1, 0.15) is 11.4 Å². The minimum atomic E-state index is -0.521. The third-order valence-electron chi connectivity index (χ3n) is 2.81. The molecule has 6 heteroatoms. The standard InChI is InChI=1S/C16H20N4O2/c1-11-13(6-5-7-17-11)12-8-18-14(19-9-12)10-20-15(21)22-16(2,3)4/h5-9H,10H2,1-4H3,(H,20,21). The van der Waals surface area contributed by atoms with Gasteiger partial charge in [0.25, 0.3) is 0 Å². The molecule has 0 unspecified atom stereocenters. The molecule has 116 valence electrons. The van der Waals surface area contributed by atoms with Gasteiger partial charge in [-0.05, 0) is 33.8 Å². The lowest BCUT2D eigenvalue weighted by atomic mass is 10.1. The van der Waals surface area contributed by atoms with Gasteiger partial charge in [-0.15, -0.1) is 0 Å². The van der Waals surface area contributed by atoms with Crippen LogP contribution in [0.4, 0.5) is 4.79 Å². The van der Waals surface area contributed by atoms with E-state index >= 15 is 0 Å². The second-order valence-electron chi connectivity index (χ2n) is 5.88. The van der Waals surface area contributed by atoms with Crippen molar-refractivity contribution in [3.05, 3.63) is 42.2 Å². The summed E-state index contributed by atoms with van der Waals surface area (Å²) >= 11 is 0. The maximum Gasteiger partial charge on any atom is 0.408 e. The molecule has 0 bridgehead atoms. The van der Waals surface area contributed by atoms with Crippen molar-refractivity contribution in [2.75, 3.05) is 0 Å². The van der Waals surface area contributed by atoms with Gasteiger partial charge in [0.2, 0.25) is 0 Å². The molecule has 22 heavy (non-hydrogen) atoms. The molecule has 1 amide bonds. The van der Waals surface area contributed by atoms with Gasteiger partial charge in [0, 0.05) is 35.4 Å². The molecule has 0 saturated carbocycles. The SMILES string of the molecule is Cc1ncccc1-c1cnc(CNC(=O)OC(C)(C)C)nc1. The van der Waals surface area contributed by atoms with E-state index in [9.17, 15) is 4.79 Å². The van der Waals surface area contributed by atoms with Crippen LogP contribution < -0.4 is 5.32 Å². The Kier molecular flexibility index (Phi) is 4.70. The van der Waals surface area contributed by atoms with E-state index in [2.05, 4.69) is 20.3 Å². The van der Waals surface area contributed by atoms with E-state index < -0.39 is 11.7 Å². The second kappa shape index (κ2) is 6.51. The highest BCUT2D eigenvalue weighted by atomic mass is 16.6. The van der Waals surface area contributed by atoms with Crippen LogP contribution in [0.3, 0.4) is 0 Å². The van der Waals surface area contributed by atoms with E-state index in [-0.39, 0.29) is 6.54 Å². The summed E-state index contributed by atoms with van der Waals surface area (Å²) in [5, 5.41) is 2.63. The molecule has 0 saturated heterocycles. The van der Waals surface area contributed by atoms with E-state index in [4.69, 9.17) is 4.74 Å². The first-order valence-electron chi connectivity index (χ1n) is 7.05. The van der Waals surface area contributed by atoms with Gasteiger partial charge in [-0.25, -0.2) is 14.8 Å². The number of carbonyl (C=O) groups is 1. The Balaban J connectivity index is 1.98. The van der Waals surface area contributed by atoms with Crippen molar-refractivity contribution in [1.29, 1.82) is 0 Å². The number of aromatic nitrogens is 3. The Bertz CT molecular complexity index is 648. The predicted molar refractivity (Wildman–Crippen MR) is 83.1 cm³/mol. The number of amides is 1. The van der Waals surface area contributed by atoms with Gasteiger partial charge in [-0.1, -0.05) is 6.07 Å². The topological polar surface area (TPSA) is 77.0 Å². The van der Waals surface area contributed by atoms with Crippen LogP contribution in [0.25, 0.3) is 11.1 Å². The summed E-state index contributed by atoms with van der Waals surface area (Å²) in [6.45, 7) is 7.60. The molecule has 0 atom stereocenters. The minimum absolute atomic E-state index is 0.223. The molecule has 2 rings (SSSR count). The van der Waals surface area contributed by atoms with Crippen molar-refractivity contribution < 1.29 is 9.53 Å². The first-order valence-corrected chi connectivity index (χ1v) is 7.05. The Morgan fingerprint density at radius 1 is 1.23 bits per heavy atom. The largest absolute Gasteiger partial charge is 0.444 e. The van der Waals surface area contributed by atoms with E-state index in [1.54, 1.807) is 18.6 Å². The lowest BCUT2D eigenvalue weighted by Crippen LogP contribution is -2.32. The second-order valence-corrected chi connectivity index (χ2v) is 5.88. The minimum Gasteiger partial charge on any atom is -0.444 e. The zero-order valence-electron chi connectivity index (χ0n) is 13.3. The number of aryl methyl sites for hydroxylation is 1. The van der Waals surface area contributed by atoms with Gasteiger partial charge >= 0.3 is 6.09 Å². The Labute approximate surface area is 130 Å². The monoisotopic (exact) mass is 300 g/mol. The van der Waals surface area contributed by atoms with Crippen molar-refractivity contribution in [2.45, 2.75) is 39.8 Å². The Morgan fingerprint density at radius 2 is 1.91 bits per heavy atom. The third kappa shape index (κ3) is 4.51. The summed E-state index contributed by atoms with van der Waals surface area (Å²) < 4.78 is 5.15. The van der Waals surface area contributed by atoms with Crippen molar-refractivity contribution in [3.8, 4) is 11.1 Å². The number of hydrogen-bond acceptors (Lipinski definition) is 5. The molecule has 1 N–H and O–H groups in total. The van der Waals surface area contributed by atoms with Gasteiger partial charge in [0.15, 0.2) is 0 Å². The number of nitrogens with one attached hydrogen (secondary N) is 1. The van der Waals surface area contributed by atoms with Crippen LogP contribution in [0.5, 0.6) is 0 Å². The molecule has 2 aromatic rings. The third-order valence-corrected chi connectivity index (χ3v) is 2.81. The highest BCUT2D eigenvalue weighted by Gasteiger charge is 2.16. The number of hydrogen-bond donors (Lipinski definition) is 1. The number of ether oxygens (including phenoxy) is 1. The normalized spacial score (nSPS) is 11.1. The van der Waals surface area contributed by atoms with Gasteiger partial charge in [-0.2, -0.15) is 0 Å². The first kappa shape index (κ1) is 15.9. The first-order chi connectivity index (χ1) is 10.3. The van der Waals surface area contributed by atoms with Crippen LogP contribution in [0.2, 0.25) is 0 Å². The van der Waals surface area contributed by atoms with Crippen LogP contribution in [0, 0.1) is 6.92 Å². The van der Waals surface area contributed by atoms with Crippen molar-refractivity contribution in [3.63, 3.8) is 0 Å². The summed E-state index contributed by atoms with van der Waals surface area (Å²) in [6.07, 6.45) is 4.72. The van der Waals surface area contributed by atoms with Gasteiger partial charge < -0.3 is 10.1 Å². The van der Waals surface area contributed by atoms with E-state index in [1.165, 1.54) is 0 Å². The fourth-order valence-electron chi connectivity index (χ4n) is 1.84. The van der Waals surface area contributed by atoms with Crippen LogP contribution in [-0.2, 0) is 11.3 Å². The Morgan fingerprint density at radius 3 is 2.50 bits per heavy atom. The van der Waals surface area contributed by atoms with Crippen molar-refractivity contribution in [1.82, 2.24) is 20.3 Å². The van der Waals surface area contributed by atoms with E-state index in [0.29, 0.717) is 5.82 Å². The predicted octanol–water partition coefficient (Wildman–Crippen LogP) is 2.87. The molecule has 0 aromatic carbocycles. The number of rotatable bonds is 3. The lowest BCUT2D eigenvalue weighted by Gasteiger charge is -2.19. The molecule has 2 aromatic heterocycles. The molecule has 0 aliphatic carbocycles. The fourth-order valence-corrected chi connectivity index (χ4v) is 1.84. The van der Waals surface area contributed by atoms with Crippen molar-refractivity contribution in [2.24, 2.45) is 0 Å². The lowest BCUT2D eigenvalue weighted by molar-refractivity contribution is 0.0522. The maximum atomic E-state index is 11.6. The average Bonchev–Trinajstić information content (AvgIpc) is 2.45. The smallest absolute Gasteiger partial charge is 0.408 e. The van der Waals surface area contributed by atoms with Gasteiger partial charge in [-0.3, -0.25) is 4.98 Å². The number of nitrogens with zero attached hydrogens (tertiary/aromatic N) is 3. The highest BCUT2D eigenvalue weighted by Crippen LogP contribution is 2.19. The summed E-state index contributed by atoms with van der Waals surface area (Å²) in [4.78, 5) is 24.3.